The predicted octanol–water partition coefficient (Wildman–Crippen LogP) is 3.90. The molecule has 3 nitrogen and oxygen atoms in total. The summed E-state index contributed by atoms with van der Waals surface area (Å²) in [5.74, 6) is 1.88. The second kappa shape index (κ2) is 7.79. The van der Waals surface area contributed by atoms with E-state index in [1.807, 2.05) is 0 Å². The molecule has 0 aromatic carbocycles. The standard InChI is InChI=1S/C18H31N3/c1-5-6-9-21(17-7-8-17)18-11-16(10-15(4)20-18)13-19-12-14(2)3/h10-11,14,17,19H,5-9,12-13H2,1-4H3. The van der Waals surface area contributed by atoms with Crippen molar-refractivity contribution in [3.63, 3.8) is 0 Å². The van der Waals surface area contributed by atoms with Crippen molar-refractivity contribution < 1.29 is 0 Å². The molecule has 0 amide bonds. The molecule has 1 N–H and O–H groups in total. The van der Waals surface area contributed by atoms with Gasteiger partial charge in [-0.1, -0.05) is 27.2 Å². The summed E-state index contributed by atoms with van der Waals surface area (Å²) in [5, 5.41) is 3.54. The number of unbranched alkanes of at least 4 members (excludes halogenated alkanes) is 1. The van der Waals surface area contributed by atoms with Crippen molar-refractivity contribution in [2.24, 2.45) is 5.92 Å². The normalized spacial score (nSPS) is 14.7. The van der Waals surface area contributed by atoms with Gasteiger partial charge in [0.1, 0.15) is 5.82 Å². The van der Waals surface area contributed by atoms with Crippen molar-refractivity contribution in [1.29, 1.82) is 0 Å². The molecule has 0 aliphatic heterocycles. The minimum absolute atomic E-state index is 0.694. The monoisotopic (exact) mass is 289 g/mol. The molecule has 21 heavy (non-hydrogen) atoms. The molecule has 0 radical (unpaired) electrons. The Morgan fingerprint density at radius 3 is 2.71 bits per heavy atom. The molecule has 1 saturated carbocycles. The number of hydrogen-bond acceptors (Lipinski definition) is 3. The largest absolute Gasteiger partial charge is 0.354 e. The van der Waals surface area contributed by atoms with Gasteiger partial charge < -0.3 is 10.2 Å². The summed E-state index contributed by atoms with van der Waals surface area (Å²) in [4.78, 5) is 7.32. The fourth-order valence-corrected chi connectivity index (χ4v) is 2.67. The lowest BCUT2D eigenvalue weighted by atomic mass is 10.2. The van der Waals surface area contributed by atoms with Crippen molar-refractivity contribution in [1.82, 2.24) is 10.3 Å². The zero-order valence-corrected chi connectivity index (χ0v) is 14.2. The Bertz CT molecular complexity index is 438. The highest BCUT2D eigenvalue weighted by Crippen LogP contribution is 2.31. The predicted molar refractivity (Wildman–Crippen MR) is 90.8 cm³/mol. The lowest BCUT2D eigenvalue weighted by Crippen LogP contribution is -2.28. The van der Waals surface area contributed by atoms with Gasteiger partial charge in [0.25, 0.3) is 0 Å². The van der Waals surface area contributed by atoms with E-state index in [-0.39, 0.29) is 0 Å². The van der Waals surface area contributed by atoms with Crippen LogP contribution in [0.4, 0.5) is 5.82 Å². The number of pyridine rings is 1. The Labute approximate surface area is 130 Å². The first-order valence-corrected chi connectivity index (χ1v) is 8.55. The Kier molecular flexibility index (Phi) is 6.04. The highest BCUT2D eigenvalue weighted by Gasteiger charge is 2.29. The Balaban J connectivity index is 2.05. The van der Waals surface area contributed by atoms with Crippen LogP contribution in [-0.4, -0.2) is 24.1 Å². The summed E-state index contributed by atoms with van der Waals surface area (Å²) in [6.45, 7) is 12.0. The average Bonchev–Trinajstić information content (AvgIpc) is 3.23. The zero-order chi connectivity index (χ0) is 15.2. The minimum atomic E-state index is 0.694. The molecule has 1 aliphatic carbocycles. The van der Waals surface area contributed by atoms with E-state index >= 15 is 0 Å². The maximum Gasteiger partial charge on any atom is 0.129 e. The molecule has 0 unspecified atom stereocenters. The van der Waals surface area contributed by atoms with Gasteiger partial charge in [0.15, 0.2) is 0 Å². The van der Waals surface area contributed by atoms with Crippen LogP contribution in [0.1, 0.15) is 57.7 Å². The van der Waals surface area contributed by atoms with Crippen LogP contribution < -0.4 is 10.2 Å². The molecule has 2 rings (SSSR count). The highest BCUT2D eigenvalue weighted by molar-refractivity contribution is 5.45. The van der Waals surface area contributed by atoms with E-state index in [9.17, 15) is 0 Å². The van der Waals surface area contributed by atoms with Crippen LogP contribution in [0.15, 0.2) is 12.1 Å². The van der Waals surface area contributed by atoms with Gasteiger partial charge in [0.2, 0.25) is 0 Å². The molecule has 1 aromatic rings. The third-order valence-electron chi connectivity index (χ3n) is 3.92. The number of nitrogens with one attached hydrogen (secondary N) is 1. The molecule has 1 heterocycles. The minimum Gasteiger partial charge on any atom is -0.354 e. The molecule has 0 spiro atoms. The summed E-state index contributed by atoms with van der Waals surface area (Å²) >= 11 is 0. The first-order chi connectivity index (χ1) is 10.1. The smallest absolute Gasteiger partial charge is 0.129 e. The highest BCUT2D eigenvalue weighted by atomic mass is 15.2. The van der Waals surface area contributed by atoms with Crippen molar-refractivity contribution in [3.05, 3.63) is 23.4 Å². The maximum absolute atomic E-state index is 4.79. The van der Waals surface area contributed by atoms with Crippen LogP contribution in [0.3, 0.4) is 0 Å². The quantitative estimate of drug-likeness (QED) is 0.747. The average molecular weight is 289 g/mol. The molecule has 0 bridgehead atoms. The zero-order valence-electron chi connectivity index (χ0n) is 14.2. The van der Waals surface area contributed by atoms with Gasteiger partial charge in [-0.3, -0.25) is 0 Å². The molecule has 1 aromatic heterocycles. The van der Waals surface area contributed by atoms with Crippen LogP contribution in [0.25, 0.3) is 0 Å². The number of aryl methyl sites for hydroxylation is 1. The Morgan fingerprint density at radius 2 is 2.10 bits per heavy atom. The molecular formula is C18H31N3. The SMILES string of the molecule is CCCCN(c1cc(CNCC(C)C)cc(C)n1)C1CC1. The number of hydrogen-bond donors (Lipinski definition) is 1. The Hall–Kier alpha value is -1.09. The molecular weight excluding hydrogens is 258 g/mol. The van der Waals surface area contributed by atoms with Crippen LogP contribution in [0.5, 0.6) is 0 Å². The maximum atomic E-state index is 4.79. The van der Waals surface area contributed by atoms with E-state index in [4.69, 9.17) is 4.98 Å². The van der Waals surface area contributed by atoms with E-state index in [1.54, 1.807) is 0 Å². The van der Waals surface area contributed by atoms with Crippen molar-refractivity contribution in [2.45, 2.75) is 66.0 Å². The van der Waals surface area contributed by atoms with Crippen molar-refractivity contribution in [3.8, 4) is 0 Å². The topological polar surface area (TPSA) is 28.2 Å². The fourth-order valence-electron chi connectivity index (χ4n) is 2.67. The molecule has 118 valence electrons. The first-order valence-electron chi connectivity index (χ1n) is 8.55. The van der Waals surface area contributed by atoms with Crippen molar-refractivity contribution in [2.75, 3.05) is 18.0 Å². The second-order valence-electron chi connectivity index (χ2n) is 6.78. The van der Waals surface area contributed by atoms with Crippen LogP contribution in [0, 0.1) is 12.8 Å². The molecule has 1 aliphatic rings. The summed E-state index contributed by atoms with van der Waals surface area (Å²) in [6, 6.07) is 5.23. The van der Waals surface area contributed by atoms with Gasteiger partial charge in [0.05, 0.1) is 0 Å². The Morgan fingerprint density at radius 1 is 1.33 bits per heavy atom. The van der Waals surface area contributed by atoms with Crippen LogP contribution in [-0.2, 0) is 6.54 Å². The van der Waals surface area contributed by atoms with E-state index in [0.29, 0.717) is 5.92 Å². The number of aromatic nitrogens is 1. The van der Waals surface area contributed by atoms with E-state index in [0.717, 1.165) is 31.4 Å². The van der Waals surface area contributed by atoms with E-state index in [1.165, 1.54) is 37.1 Å². The molecule has 1 fully saturated rings. The lowest BCUT2D eigenvalue weighted by Gasteiger charge is -2.24. The van der Waals surface area contributed by atoms with Crippen LogP contribution in [0.2, 0.25) is 0 Å². The van der Waals surface area contributed by atoms with Crippen LogP contribution >= 0.6 is 0 Å². The third-order valence-corrected chi connectivity index (χ3v) is 3.92. The fraction of sp³-hybridized carbons (Fsp3) is 0.722. The van der Waals surface area contributed by atoms with Gasteiger partial charge in [0, 0.05) is 24.8 Å². The summed E-state index contributed by atoms with van der Waals surface area (Å²) < 4.78 is 0. The number of anilines is 1. The van der Waals surface area contributed by atoms with Gasteiger partial charge in [-0.2, -0.15) is 0 Å². The lowest BCUT2D eigenvalue weighted by molar-refractivity contribution is 0.552. The van der Waals surface area contributed by atoms with Gasteiger partial charge in [-0.25, -0.2) is 4.98 Å². The summed E-state index contributed by atoms with van der Waals surface area (Å²) in [5.41, 5.74) is 2.50. The third kappa shape index (κ3) is 5.31. The van der Waals surface area contributed by atoms with Gasteiger partial charge >= 0.3 is 0 Å². The molecule has 0 saturated heterocycles. The first kappa shape index (κ1) is 16.3. The molecule has 3 heteroatoms. The van der Waals surface area contributed by atoms with E-state index < -0.39 is 0 Å². The second-order valence-corrected chi connectivity index (χ2v) is 6.78. The van der Waals surface area contributed by atoms with Gasteiger partial charge in [-0.15, -0.1) is 0 Å². The van der Waals surface area contributed by atoms with Crippen molar-refractivity contribution >= 4 is 5.82 Å². The number of rotatable bonds is 9. The van der Waals surface area contributed by atoms with E-state index in [2.05, 4.69) is 50.0 Å². The number of nitrogens with zero attached hydrogens (tertiary/aromatic N) is 2. The summed E-state index contributed by atoms with van der Waals surface area (Å²) in [6.07, 6.45) is 5.17. The van der Waals surface area contributed by atoms with Gasteiger partial charge in [-0.05, 0) is 56.3 Å². The molecule has 0 atom stereocenters. The summed E-state index contributed by atoms with van der Waals surface area (Å²) in [7, 11) is 0.